The van der Waals surface area contributed by atoms with Crippen molar-refractivity contribution < 1.29 is 14.1 Å². The van der Waals surface area contributed by atoms with Crippen LogP contribution in [0.2, 0.25) is 0 Å². The van der Waals surface area contributed by atoms with E-state index in [1.165, 1.54) is 5.56 Å². The van der Waals surface area contributed by atoms with E-state index in [2.05, 4.69) is 39.6 Å². The number of hydrogen-bond acceptors (Lipinski definition) is 5. The lowest BCUT2D eigenvalue weighted by atomic mass is 10.1. The highest BCUT2D eigenvalue weighted by Crippen LogP contribution is 2.18. The first-order valence-electron chi connectivity index (χ1n) is 9.19. The van der Waals surface area contributed by atoms with Crippen molar-refractivity contribution in [3.05, 3.63) is 52.5 Å². The number of aryl methyl sites for hydroxylation is 3. The molecule has 6 nitrogen and oxygen atoms in total. The summed E-state index contributed by atoms with van der Waals surface area (Å²) in [6, 6.07) is 8.23. The molecule has 0 aliphatic heterocycles. The largest absolute Gasteiger partial charge is 0.477 e. The van der Waals surface area contributed by atoms with Gasteiger partial charge in [-0.1, -0.05) is 38.1 Å². The highest BCUT2D eigenvalue weighted by molar-refractivity contribution is 7.84. The topological polar surface area (TPSA) is 92.2 Å². The number of benzene rings is 1. The summed E-state index contributed by atoms with van der Waals surface area (Å²) >= 11 is 0. The van der Waals surface area contributed by atoms with E-state index in [-0.39, 0.29) is 5.56 Å². The monoisotopic (exact) mass is 389 g/mol. The predicted octanol–water partition coefficient (Wildman–Crippen LogP) is 2.88. The summed E-state index contributed by atoms with van der Waals surface area (Å²) in [6.45, 7) is 4.43. The van der Waals surface area contributed by atoms with Crippen molar-refractivity contribution in [3.63, 3.8) is 0 Å². The van der Waals surface area contributed by atoms with Gasteiger partial charge in [0.05, 0.1) is 5.69 Å². The molecule has 0 saturated heterocycles. The maximum atomic E-state index is 11.6. The second kappa shape index (κ2) is 10.2. The molecule has 0 aliphatic carbocycles. The molecule has 0 bridgehead atoms. The molecule has 1 aromatic carbocycles. The number of aromatic carboxylic acids is 1. The summed E-state index contributed by atoms with van der Waals surface area (Å²) in [5.41, 5.74) is 3.06. The Morgan fingerprint density at radius 2 is 1.70 bits per heavy atom. The van der Waals surface area contributed by atoms with E-state index in [0.29, 0.717) is 42.5 Å². The lowest BCUT2D eigenvalue weighted by Crippen LogP contribution is -2.16. The molecular weight excluding hydrogens is 362 g/mol. The third kappa shape index (κ3) is 6.13. The molecule has 146 valence electrons. The predicted molar refractivity (Wildman–Crippen MR) is 109 cm³/mol. The van der Waals surface area contributed by atoms with Crippen molar-refractivity contribution in [2.24, 2.45) is 0 Å². The molecule has 0 saturated carbocycles. The average Bonchev–Trinajstić information content (AvgIpc) is 2.66. The molecular formula is C20H27N3O3S. The number of nitrogens with zero attached hydrogens (tertiary/aromatic N) is 2. The quantitative estimate of drug-likeness (QED) is 0.649. The fourth-order valence-electron chi connectivity index (χ4n) is 2.78. The van der Waals surface area contributed by atoms with Crippen LogP contribution in [0.5, 0.6) is 0 Å². The molecule has 2 aromatic rings. The van der Waals surface area contributed by atoms with Gasteiger partial charge < -0.3 is 10.4 Å². The Balaban J connectivity index is 2.04. The van der Waals surface area contributed by atoms with Crippen LogP contribution < -0.4 is 5.32 Å². The van der Waals surface area contributed by atoms with Crippen LogP contribution in [-0.4, -0.2) is 43.8 Å². The van der Waals surface area contributed by atoms with E-state index in [9.17, 15) is 14.1 Å². The molecule has 1 heterocycles. The molecule has 1 unspecified atom stereocenters. The standard InChI is InChI=1S/C20H27N3O3S/c1-4-16-18(20(24)25)19(23-17(5-2)22-16)21-12-10-14-6-8-15(9-7-14)11-13-27(3)26/h6-9H,4-5,10-13H2,1-3H3,(H,24,25)(H,21,22,23). The van der Waals surface area contributed by atoms with Gasteiger partial charge in [0.1, 0.15) is 17.2 Å². The van der Waals surface area contributed by atoms with Crippen LogP contribution in [0.3, 0.4) is 0 Å². The van der Waals surface area contributed by atoms with E-state index >= 15 is 0 Å². The van der Waals surface area contributed by atoms with Gasteiger partial charge >= 0.3 is 5.97 Å². The highest BCUT2D eigenvalue weighted by Gasteiger charge is 2.18. The van der Waals surface area contributed by atoms with Crippen LogP contribution in [-0.2, 0) is 36.5 Å². The van der Waals surface area contributed by atoms with Crippen LogP contribution >= 0.6 is 0 Å². The fourth-order valence-corrected chi connectivity index (χ4v) is 3.31. The zero-order chi connectivity index (χ0) is 19.8. The van der Waals surface area contributed by atoms with Gasteiger partial charge in [0, 0.05) is 35.8 Å². The van der Waals surface area contributed by atoms with E-state index in [1.807, 2.05) is 13.8 Å². The summed E-state index contributed by atoms with van der Waals surface area (Å²) in [5, 5.41) is 12.7. The van der Waals surface area contributed by atoms with Crippen molar-refractivity contribution >= 4 is 22.6 Å². The van der Waals surface area contributed by atoms with Crippen LogP contribution in [0.1, 0.15) is 46.9 Å². The van der Waals surface area contributed by atoms with Gasteiger partial charge in [-0.2, -0.15) is 0 Å². The maximum absolute atomic E-state index is 11.6. The molecule has 2 rings (SSSR count). The first-order valence-corrected chi connectivity index (χ1v) is 10.9. The Morgan fingerprint density at radius 1 is 1.07 bits per heavy atom. The Kier molecular flexibility index (Phi) is 7.91. The number of anilines is 1. The summed E-state index contributed by atoms with van der Waals surface area (Å²) in [6.07, 6.45) is 4.49. The molecule has 0 fully saturated rings. The van der Waals surface area contributed by atoms with Gasteiger partial charge in [-0.25, -0.2) is 14.8 Å². The molecule has 1 atom stereocenters. The van der Waals surface area contributed by atoms with E-state index in [0.717, 1.165) is 18.4 Å². The van der Waals surface area contributed by atoms with Crippen molar-refractivity contribution in [1.29, 1.82) is 0 Å². The zero-order valence-corrected chi connectivity index (χ0v) is 16.9. The lowest BCUT2D eigenvalue weighted by Gasteiger charge is -2.13. The zero-order valence-electron chi connectivity index (χ0n) is 16.1. The molecule has 27 heavy (non-hydrogen) atoms. The molecule has 0 radical (unpaired) electrons. The van der Waals surface area contributed by atoms with Gasteiger partial charge in [-0.3, -0.25) is 4.21 Å². The van der Waals surface area contributed by atoms with Crippen molar-refractivity contribution in [2.75, 3.05) is 23.9 Å². The van der Waals surface area contributed by atoms with Crippen molar-refractivity contribution in [2.45, 2.75) is 39.5 Å². The fraction of sp³-hybridized carbons (Fsp3) is 0.450. The second-order valence-corrected chi connectivity index (χ2v) is 7.90. The van der Waals surface area contributed by atoms with Gasteiger partial charge in [-0.15, -0.1) is 0 Å². The van der Waals surface area contributed by atoms with Gasteiger partial charge in [0.2, 0.25) is 0 Å². The SMILES string of the molecule is CCc1nc(CC)c(C(=O)O)c(NCCc2ccc(CCS(C)=O)cc2)n1. The Hall–Kier alpha value is -2.28. The minimum absolute atomic E-state index is 0.164. The lowest BCUT2D eigenvalue weighted by molar-refractivity contribution is 0.0695. The first kappa shape index (κ1) is 21.0. The Labute approximate surface area is 162 Å². The van der Waals surface area contributed by atoms with E-state index < -0.39 is 16.8 Å². The van der Waals surface area contributed by atoms with Crippen LogP contribution in [0.25, 0.3) is 0 Å². The number of carboxylic acids is 1. The normalized spacial score (nSPS) is 12.0. The second-order valence-electron chi connectivity index (χ2n) is 6.34. The van der Waals surface area contributed by atoms with Crippen LogP contribution in [0.15, 0.2) is 24.3 Å². The number of nitrogens with one attached hydrogen (secondary N) is 1. The van der Waals surface area contributed by atoms with Crippen LogP contribution in [0, 0.1) is 0 Å². The molecule has 0 spiro atoms. The third-order valence-corrected chi connectivity index (χ3v) is 5.08. The molecule has 7 heteroatoms. The molecule has 1 aromatic heterocycles. The van der Waals surface area contributed by atoms with Crippen LogP contribution in [0.4, 0.5) is 5.82 Å². The third-order valence-electron chi connectivity index (χ3n) is 4.30. The maximum Gasteiger partial charge on any atom is 0.341 e. The number of carbonyl (C=O) groups is 1. The minimum atomic E-state index is -1.00. The summed E-state index contributed by atoms with van der Waals surface area (Å²) in [7, 11) is -0.779. The first-order chi connectivity index (χ1) is 12.9. The van der Waals surface area contributed by atoms with Crippen molar-refractivity contribution in [3.8, 4) is 0 Å². The Morgan fingerprint density at radius 3 is 2.22 bits per heavy atom. The summed E-state index contributed by atoms with van der Waals surface area (Å²) in [5.74, 6) is 0.714. The number of rotatable bonds is 10. The van der Waals surface area contributed by atoms with Gasteiger partial charge in [0.15, 0.2) is 0 Å². The smallest absolute Gasteiger partial charge is 0.341 e. The van der Waals surface area contributed by atoms with E-state index in [1.54, 1.807) is 6.26 Å². The van der Waals surface area contributed by atoms with Gasteiger partial charge in [-0.05, 0) is 30.4 Å². The van der Waals surface area contributed by atoms with Gasteiger partial charge in [0.25, 0.3) is 0 Å². The number of aromatic nitrogens is 2. The summed E-state index contributed by atoms with van der Waals surface area (Å²) < 4.78 is 11.2. The highest BCUT2D eigenvalue weighted by atomic mass is 32.2. The molecule has 2 N–H and O–H groups in total. The average molecular weight is 390 g/mol. The van der Waals surface area contributed by atoms with E-state index in [4.69, 9.17) is 0 Å². The number of hydrogen-bond donors (Lipinski definition) is 2. The van der Waals surface area contributed by atoms with Crippen molar-refractivity contribution in [1.82, 2.24) is 9.97 Å². The minimum Gasteiger partial charge on any atom is -0.477 e. The molecule has 0 amide bonds. The number of carboxylic acid groups (broad SMARTS) is 1. The Bertz CT molecular complexity index is 807. The summed E-state index contributed by atoms with van der Waals surface area (Å²) in [4.78, 5) is 20.4. The molecule has 0 aliphatic rings.